The first-order valence-corrected chi connectivity index (χ1v) is 10.4. The second-order valence-corrected chi connectivity index (χ2v) is 9.28. The van der Waals surface area contributed by atoms with E-state index in [-0.39, 0.29) is 6.09 Å². The molecule has 1 aromatic carbocycles. The summed E-state index contributed by atoms with van der Waals surface area (Å²) in [4.78, 5) is 14.7. The summed E-state index contributed by atoms with van der Waals surface area (Å²) >= 11 is 5.33. The average Bonchev–Trinajstić information content (AvgIpc) is 2.97. The molecule has 2 aromatic rings. The monoisotopic (exact) mass is 437 g/mol. The predicted octanol–water partition coefficient (Wildman–Crippen LogP) is 5.65. The van der Waals surface area contributed by atoms with Crippen LogP contribution in [0.5, 0.6) is 5.75 Å². The number of benzene rings is 1. The van der Waals surface area contributed by atoms with Crippen molar-refractivity contribution in [2.75, 3.05) is 20.2 Å². The summed E-state index contributed by atoms with van der Waals surface area (Å²) < 4.78 is 12.0. The van der Waals surface area contributed by atoms with Gasteiger partial charge in [-0.1, -0.05) is 12.1 Å². The molecule has 1 saturated heterocycles. The summed E-state index contributed by atoms with van der Waals surface area (Å²) in [6, 6.07) is 8.62. The van der Waals surface area contributed by atoms with Crippen molar-refractivity contribution in [3.05, 3.63) is 49.6 Å². The van der Waals surface area contributed by atoms with Gasteiger partial charge in [0.2, 0.25) is 0 Å². The molecule has 0 spiro atoms. The molecule has 1 fully saturated rings. The number of methoxy groups -OCH3 is 1. The summed E-state index contributed by atoms with van der Waals surface area (Å²) in [5, 5.41) is 0. The minimum atomic E-state index is -0.224. The van der Waals surface area contributed by atoms with E-state index in [1.165, 1.54) is 23.1 Å². The Morgan fingerprint density at radius 2 is 2.00 bits per heavy atom. The van der Waals surface area contributed by atoms with Gasteiger partial charge >= 0.3 is 6.09 Å². The zero-order valence-corrected chi connectivity index (χ0v) is 17.8. The van der Waals surface area contributed by atoms with E-state index in [0.29, 0.717) is 12.5 Å². The van der Waals surface area contributed by atoms with Gasteiger partial charge in [0.05, 0.1) is 10.9 Å². The summed E-state index contributed by atoms with van der Waals surface area (Å²) in [7, 11) is 1.44. The number of hydrogen-bond acceptors (Lipinski definition) is 4. The van der Waals surface area contributed by atoms with E-state index >= 15 is 0 Å². The van der Waals surface area contributed by atoms with Gasteiger partial charge in [-0.05, 0) is 71.8 Å². The Bertz CT molecular complexity index is 781. The van der Waals surface area contributed by atoms with Gasteiger partial charge in [0.1, 0.15) is 12.4 Å². The topological polar surface area (TPSA) is 38.8 Å². The van der Waals surface area contributed by atoms with Crippen LogP contribution in [0.25, 0.3) is 0 Å². The first-order valence-electron chi connectivity index (χ1n) is 8.79. The molecule has 0 unspecified atom stereocenters. The minimum absolute atomic E-state index is 0.224. The number of ether oxygens (including phenoxy) is 2. The Morgan fingerprint density at radius 3 is 2.58 bits per heavy atom. The van der Waals surface area contributed by atoms with Crippen molar-refractivity contribution in [1.82, 2.24) is 4.90 Å². The second kappa shape index (κ2) is 8.44. The van der Waals surface area contributed by atoms with Crippen LogP contribution in [-0.2, 0) is 11.3 Å². The van der Waals surface area contributed by atoms with Crippen LogP contribution >= 0.6 is 27.3 Å². The highest BCUT2D eigenvalue weighted by Gasteiger charge is 2.24. The summed E-state index contributed by atoms with van der Waals surface area (Å²) in [6.45, 7) is 6.27. The molecule has 1 aromatic heterocycles. The number of piperidine rings is 1. The summed E-state index contributed by atoms with van der Waals surface area (Å²) in [6.07, 6.45) is 1.71. The first kappa shape index (κ1) is 19.2. The van der Waals surface area contributed by atoms with Crippen LogP contribution in [0.1, 0.15) is 40.3 Å². The van der Waals surface area contributed by atoms with E-state index in [9.17, 15) is 4.79 Å². The van der Waals surface area contributed by atoms with Gasteiger partial charge < -0.3 is 14.4 Å². The number of hydrogen-bond donors (Lipinski definition) is 0. The Balaban J connectivity index is 1.61. The lowest BCUT2D eigenvalue weighted by atomic mass is 9.88. The van der Waals surface area contributed by atoms with Crippen LogP contribution in [0, 0.1) is 13.8 Å². The van der Waals surface area contributed by atoms with E-state index in [2.05, 4.69) is 54.0 Å². The zero-order valence-electron chi connectivity index (χ0n) is 15.4. The van der Waals surface area contributed by atoms with E-state index < -0.39 is 0 Å². The first-order chi connectivity index (χ1) is 12.5. The highest BCUT2D eigenvalue weighted by Crippen LogP contribution is 2.32. The number of likely N-dealkylation sites (tertiary alicyclic amines) is 1. The van der Waals surface area contributed by atoms with Gasteiger partial charge in [-0.2, -0.15) is 0 Å². The van der Waals surface area contributed by atoms with Crippen LogP contribution in [0.3, 0.4) is 0 Å². The highest BCUT2D eigenvalue weighted by atomic mass is 79.9. The summed E-state index contributed by atoms with van der Waals surface area (Å²) in [5.41, 5.74) is 3.67. The third-order valence-corrected chi connectivity index (χ3v) is 6.74. The molecular formula is C20H24BrNO3S. The molecule has 0 saturated carbocycles. The largest absolute Gasteiger partial charge is 0.489 e. The number of amides is 1. The maximum Gasteiger partial charge on any atom is 0.409 e. The Labute approximate surface area is 167 Å². The molecule has 3 rings (SSSR count). The fourth-order valence-corrected chi connectivity index (χ4v) is 5.13. The lowest BCUT2D eigenvalue weighted by Gasteiger charge is -2.31. The van der Waals surface area contributed by atoms with Crippen molar-refractivity contribution in [1.29, 1.82) is 0 Å². The van der Waals surface area contributed by atoms with Gasteiger partial charge in [-0.15, -0.1) is 11.3 Å². The fourth-order valence-electron chi connectivity index (χ4n) is 3.41. The molecule has 0 atom stereocenters. The molecule has 6 heteroatoms. The third kappa shape index (κ3) is 4.41. The number of nitrogens with zero attached hydrogens (tertiary/aromatic N) is 1. The van der Waals surface area contributed by atoms with E-state index in [4.69, 9.17) is 9.47 Å². The average molecular weight is 438 g/mol. The van der Waals surface area contributed by atoms with Gasteiger partial charge in [0, 0.05) is 23.5 Å². The molecule has 0 aliphatic carbocycles. The molecule has 1 aliphatic heterocycles. The van der Waals surface area contributed by atoms with Crippen LogP contribution in [0.15, 0.2) is 28.1 Å². The molecular weight excluding hydrogens is 414 g/mol. The number of rotatable bonds is 4. The molecule has 140 valence electrons. The minimum Gasteiger partial charge on any atom is -0.489 e. The van der Waals surface area contributed by atoms with Gasteiger partial charge in [-0.25, -0.2) is 4.79 Å². The number of thiophene rings is 1. The third-order valence-electron chi connectivity index (χ3n) is 4.86. The number of aryl methyl sites for hydroxylation is 2. The molecule has 0 N–H and O–H groups in total. The predicted molar refractivity (Wildman–Crippen MR) is 108 cm³/mol. The number of carbonyl (C=O) groups excluding carboxylic acids is 1. The second-order valence-electron chi connectivity index (χ2n) is 6.70. The number of carbonyl (C=O) groups is 1. The van der Waals surface area contributed by atoms with Crippen LogP contribution in [0.4, 0.5) is 4.79 Å². The summed E-state index contributed by atoms with van der Waals surface area (Å²) in [5.74, 6) is 1.41. The molecule has 0 bridgehead atoms. The van der Waals surface area contributed by atoms with Crippen LogP contribution < -0.4 is 4.74 Å². The maximum atomic E-state index is 11.6. The van der Waals surface area contributed by atoms with Gasteiger partial charge in [0.25, 0.3) is 0 Å². The Kier molecular flexibility index (Phi) is 6.24. The zero-order chi connectivity index (χ0) is 18.7. The highest BCUT2D eigenvalue weighted by molar-refractivity contribution is 9.11. The lowest BCUT2D eigenvalue weighted by molar-refractivity contribution is 0.112. The van der Waals surface area contributed by atoms with Gasteiger partial charge in [0.15, 0.2) is 0 Å². The van der Waals surface area contributed by atoms with Crippen LogP contribution in [0.2, 0.25) is 0 Å². The van der Waals surface area contributed by atoms with Crippen molar-refractivity contribution in [2.45, 2.75) is 39.2 Å². The maximum absolute atomic E-state index is 11.6. The van der Waals surface area contributed by atoms with Crippen molar-refractivity contribution in [2.24, 2.45) is 0 Å². The van der Waals surface area contributed by atoms with E-state index in [1.54, 1.807) is 16.2 Å². The van der Waals surface area contributed by atoms with Crippen molar-refractivity contribution in [3.63, 3.8) is 0 Å². The Hall–Kier alpha value is -1.53. The molecule has 4 nitrogen and oxygen atoms in total. The molecule has 1 amide bonds. The molecule has 0 radical (unpaired) electrons. The van der Waals surface area contributed by atoms with Crippen molar-refractivity contribution in [3.8, 4) is 5.75 Å². The van der Waals surface area contributed by atoms with Crippen LogP contribution in [-0.4, -0.2) is 31.2 Å². The quantitative estimate of drug-likeness (QED) is 0.619. The molecule has 1 aliphatic rings. The molecule has 26 heavy (non-hydrogen) atoms. The molecule has 2 heterocycles. The normalized spacial score (nSPS) is 15.2. The van der Waals surface area contributed by atoms with E-state index in [0.717, 1.165) is 41.0 Å². The van der Waals surface area contributed by atoms with E-state index in [1.807, 2.05) is 0 Å². The smallest absolute Gasteiger partial charge is 0.409 e. The Morgan fingerprint density at radius 1 is 1.27 bits per heavy atom. The number of halogens is 1. The van der Waals surface area contributed by atoms with Gasteiger partial charge in [-0.3, -0.25) is 0 Å². The fraction of sp³-hybridized carbons (Fsp3) is 0.450. The van der Waals surface area contributed by atoms with Crippen molar-refractivity contribution < 1.29 is 14.3 Å². The van der Waals surface area contributed by atoms with Crippen molar-refractivity contribution >= 4 is 33.4 Å². The standard InChI is InChI=1S/C20H24BrNO3S/c1-13-10-16(15-6-8-22(9-7-15)20(23)24-3)4-5-18(13)25-12-17-11-14(2)26-19(17)21/h4-5,10-11,15H,6-9,12H2,1-3H3. The lowest BCUT2D eigenvalue weighted by Crippen LogP contribution is -2.37. The SMILES string of the molecule is COC(=O)N1CCC(c2ccc(OCc3cc(C)sc3Br)c(C)c2)CC1.